The van der Waals surface area contributed by atoms with Crippen molar-refractivity contribution in [1.82, 2.24) is 9.97 Å². The Bertz CT molecular complexity index is 369. The zero-order valence-corrected chi connectivity index (χ0v) is 9.51. The fourth-order valence-corrected chi connectivity index (χ4v) is 0.996. The first-order valence-corrected chi connectivity index (χ1v) is 4.95. The number of pyridine rings is 2. The third-order valence-corrected chi connectivity index (χ3v) is 2.10. The highest BCUT2D eigenvalue weighted by molar-refractivity contribution is 5.37. The third kappa shape index (κ3) is 3.57. The number of anilines is 2. The second kappa shape index (κ2) is 5.70. The van der Waals surface area contributed by atoms with E-state index in [1.807, 2.05) is 38.1 Å². The van der Waals surface area contributed by atoms with Crippen molar-refractivity contribution >= 4 is 11.6 Å². The van der Waals surface area contributed by atoms with E-state index in [9.17, 15) is 0 Å². The molecule has 0 aliphatic carbocycles. The molecule has 0 spiro atoms. The van der Waals surface area contributed by atoms with Crippen molar-refractivity contribution in [2.75, 3.05) is 11.5 Å². The molecule has 84 valence electrons. The number of aryl methyl sites for hydroxylation is 2. The van der Waals surface area contributed by atoms with Gasteiger partial charge in [0, 0.05) is 12.4 Å². The molecule has 0 saturated carbocycles. The van der Waals surface area contributed by atoms with Gasteiger partial charge in [-0.05, 0) is 37.1 Å². The van der Waals surface area contributed by atoms with Gasteiger partial charge in [-0.25, -0.2) is 9.97 Å². The number of aromatic nitrogens is 2. The van der Waals surface area contributed by atoms with E-state index in [4.69, 9.17) is 11.5 Å². The average molecular weight is 216 g/mol. The zero-order chi connectivity index (χ0) is 12.0. The van der Waals surface area contributed by atoms with Crippen LogP contribution in [0.2, 0.25) is 0 Å². The highest BCUT2D eigenvalue weighted by Gasteiger charge is 1.87. The lowest BCUT2D eigenvalue weighted by Crippen LogP contribution is -1.90. The molecule has 4 heteroatoms. The van der Waals surface area contributed by atoms with Crippen molar-refractivity contribution in [2.24, 2.45) is 0 Å². The highest BCUT2D eigenvalue weighted by Crippen LogP contribution is 2.02. The van der Waals surface area contributed by atoms with Gasteiger partial charge in [0.05, 0.1) is 0 Å². The van der Waals surface area contributed by atoms with Gasteiger partial charge in [-0.2, -0.15) is 0 Å². The molecule has 0 fully saturated rings. The van der Waals surface area contributed by atoms with Crippen LogP contribution in [0.4, 0.5) is 11.6 Å². The van der Waals surface area contributed by atoms with Gasteiger partial charge in [0.2, 0.25) is 0 Å². The van der Waals surface area contributed by atoms with Gasteiger partial charge in [-0.15, -0.1) is 0 Å². The Morgan fingerprint density at radius 1 is 0.812 bits per heavy atom. The molecule has 0 atom stereocenters. The predicted molar refractivity (Wildman–Crippen MR) is 66.8 cm³/mol. The van der Waals surface area contributed by atoms with Gasteiger partial charge in [0.25, 0.3) is 0 Å². The molecule has 0 radical (unpaired) electrons. The summed E-state index contributed by atoms with van der Waals surface area (Å²) < 4.78 is 0. The molecule has 0 saturated heterocycles. The quantitative estimate of drug-likeness (QED) is 0.705. The fraction of sp³-hybridized carbons (Fsp3) is 0.167. The minimum Gasteiger partial charge on any atom is -0.383 e. The summed E-state index contributed by atoms with van der Waals surface area (Å²) in [5.74, 6) is 1.24. The van der Waals surface area contributed by atoms with Gasteiger partial charge in [-0.1, -0.05) is 12.1 Å². The minimum absolute atomic E-state index is 0.618. The summed E-state index contributed by atoms with van der Waals surface area (Å²) in [5.41, 5.74) is 12.9. The molecule has 2 aromatic heterocycles. The molecular weight excluding hydrogens is 200 g/mol. The van der Waals surface area contributed by atoms with Crippen molar-refractivity contribution < 1.29 is 0 Å². The van der Waals surface area contributed by atoms with E-state index in [1.165, 1.54) is 0 Å². The molecule has 16 heavy (non-hydrogen) atoms. The molecule has 2 rings (SSSR count). The summed E-state index contributed by atoms with van der Waals surface area (Å²) in [7, 11) is 0. The minimum atomic E-state index is 0.618. The normalized spacial score (nSPS) is 9.12. The summed E-state index contributed by atoms with van der Waals surface area (Å²) in [6.07, 6.45) is 3.37. The van der Waals surface area contributed by atoms with Crippen LogP contribution in [-0.2, 0) is 0 Å². The molecule has 0 aliphatic heterocycles. The van der Waals surface area contributed by atoms with E-state index in [0.717, 1.165) is 11.1 Å². The summed E-state index contributed by atoms with van der Waals surface area (Å²) in [6.45, 7) is 3.87. The number of nitrogens with zero attached hydrogens (tertiary/aromatic N) is 2. The highest BCUT2D eigenvalue weighted by atomic mass is 14.8. The maximum absolute atomic E-state index is 5.41. The monoisotopic (exact) mass is 216 g/mol. The van der Waals surface area contributed by atoms with Crippen LogP contribution < -0.4 is 11.5 Å². The van der Waals surface area contributed by atoms with Crippen molar-refractivity contribution in [1.29, 1.82) is 0 Å². The van der Waals surface area contributed by atoms with Crippen LogP contribution in [0.25, 0.3) is 0 Å². The van der Waals surface area contributed by atoms with Crippen molar-refractivity contribution in [3.63, 3.8) is 0 Å². The van der Waals surface area contributed by atoms with Gasteiger partial charge in [0.15, 0.2) is 0 Å². The van der Waals surface area contributed by atoms with Gasteiger partial charge >= 0.3 is 0 Å². The molecule has 0 aliphatic rings. The lowest BCUT2D eigenvalue weighted by molar-refractivity contribution is 1.28. The maximum atomic E-state index is 5.41. The van der Waals surface area contributed by atoms with Crippen LogP contribution in [0.3, 0.4) is 0 Å². The summed E-state index contributed by atoms with van der Waals surface area (Å²) >= 11 is 0. The second-order valence-electron chi connectivity index (χ2n) is 3.41. The fourth-order valence-electron chi connectivity index (χ4n) is 0.996. The van der Waals surface area contributed by atoms with E-state index in [1.54, 1.807) is 12.4 Å². The maximum Gasteiger partial charge on any atom is 0.126 e. The Hall–Kier alpha value is -2.10. The number of nitrogen functional groups attached to an aromatic ring is 2. The molecular formula is C12H16N4. The van der Waals surface area contributed by atoms with E-state index < -0.39 is 0 Å². The Kier molecular flexibility index (Phi) is 4.27. The van der Waals surface area contributed by atoms with E-state index in [-0.39, 0.29) is 0 Å². The standard InChI is InChI=1S/2C6H8N2/c2*1-5-3-2-4-8-6(5)7/h2*2-4H,1H3,(H2,7,8). The Morgan fingerprint density at radius 3 is 1.38 bits per heavy atom. The third-order valence-electron chi connectivity index (χ3n) is 2.10. The first kappa shape index (κ1) is 12.0. The second-order valence-corrected chi connectivity index (χ2v) is 3.41. The van der Waals surface area contributed by atoms with E-state index >= 15 is 0 Å². The van der Waals surface area contributed by atoms with E-state index in [0.29, 0.717) is 11.6 Å². The Balaban J connectivity index is 0.000000160. The molecule has 2 aromatic rings. The van der Waals surface area contributed by atoms with Crippen LogP contribution in [0.15, 0.2) is 36.7 Å². The predicted octanol–water partition coefficient (Wildman–Crippen LogP) is 1.94. The molecule has 0 unspecified atom stereocenters. The lowest BCUT2D eigenvalue weighted by atomic mass is 10.3. The first-order valence-electron chi connectivity index (χ1n) is 4.95. The molecule has 0 amide bonds. The number of nitrogens with two attached hydrogens (primary N) is 2. The summed E-state index contributed by atoms with van der Waals surface area (Å²) in [6, 6.07) is 7.60. The zero-order valence-electron chi connectivity index (χ0n) is 9.51. The average Bonchev–Trinajstić information content (AvgIpc) is 2.28. The Labute approximate surface area is 95.3 Å². The van der Waals surface area contributed by atoms with Crippen LogP contribution in [0.1, 0.15) is 11.1 Å². The van der Waals surface area contributed by atoms with Crippen molar-refractivity contribution in [2.45, 2.75) is 13.8 Å². The largest absolute Gasteiger partial charge is 0.383 e. The Morgan fingerprint density at radius 2 is 1.19 bits per heavy atom. The molecule has 0 aromatic carbocycles. The molecule has 4 N–H and O–H groups in total. The number of hydrogen-bond donors (Lipinski definition) is 2. The number of hydrogen-bond acceptors (Lipinski definition) is 4. The van der Waals surface area contributed by atoms with Gasteiger partial charge in [-0.3, -0.25) is 0 Å². The van der Waals surface area contributed by atoms with Gasteiger partial charge in [0.1, 0.15) is 11.6 Å². The summed E-state index contributed by atoms with van der Waals surface area (Å²) in [4.78, 5) is 7.71. The van der Waals surface area contributed by atoms with Crippen molar-refractivity contribution in [3.8, 4) is 0 Å². The van der Waals surface area contributed by atoms with Crippen LogP contribution in [-0.4, -0.2) is 9.97 Å². The molecule has 0 bridgehead atoms. The lowest BCUT2D eigenvalue weighted by Gasteiger charge is -1.92. The molecule has 2 heterocycles. The van der Waals surface area contributed by atoms with Gasteiger partial charge < -0.3 is 11.5 Å². The summed E-state index contributed by atoms with van der Waals surface area (Å²) in [5, 5.41) is 0. The smallest absolute Gasteiger partial charge is 0.126 e. The van der Waals surface area contributed by atoms with Crippen LogP contribution >= 0.6 is 0 Å². The number of rotatable bonds is 0. The topological polar surface area (TPSA) is 77.8 Å². The SMILES string of the molecule is Cc1cccnc1N.Cc1cccnc1N. The van der Waals surface area contributed by atoms with Crippen molar-refractivity contribution in [3.05, 3.63) is 47.8 Å². The van der Waals surface area contributed by atoms with E-state index in [2.05, 4.69) is 9.97 Å². The van der Waals surface area contributed by atoms with Crippen LogP contribution in [0.5, 0.6) is 0 Å². The van der Waals surface area contributed by atoms with Crippen LogP contribution in [0, 0.1) is 13.8 Å². The first-order chi connectivity index (χ1) is 7.61. The molecule has 4 nitrogen and oxygen atoms in total.